The fraction of sp³-hybridized carbons (Fsp3) is 0.688. The minimum absolute atomic E-state index is 0.0373. The van der Waals surface area contributed by atoms with Crippen LogP contribution in [-0.2, 0) is 9.47 Å². The zero-order valence-electron chi connectivity index (χ0n) is 13.0. The van der Waals surface area contributed by atoms with Crippen LogP contribution in [0.5, 0.6) is 0 Å². The van der Waals surface area contributed by atoms with E-state index in [1.807, 2.05) is 19.1 Å². The number of nitrogens with one attached hydrogen (secondary N) is 1. The van der Waals surface area contributed by atoms with Gasteiger partial charge < -0.3 is 14.8 Å². The summed E-state index contributed by atoms with van der Waals surface area (Å²) < 4.78 is 11.0. The van der Waals surface area contributed by atoms with E-state index in [-0.39, 0.29) is 5.91 Å². The SMILES string of the molecule is Cc1ccc(C(=O)NC[C@H]([C@@H]2CCOC2)N2CCOCC2)s1. The molecule has 1 aromatic heterocycles. The Morgan fingerprint density at radius 1 is 1.36 bits per heavy atom. The maximum absolute atomic E-state index is 12.3. The lowest BCUT2D eigenvalue weighted by Gasteiger charge is -2.37. The van der Waals surface area contributed by atoms with Crippen LogP contribution in [0.4, 0.5) is 0 Å². The summed E-state index contributed by atoms with van der Waals surface area (Å²) in [5.41, 5.74) is 0. The maximum Gasteiger partial charge on any atom is 0.261 e. The number of ether oxygens (including phenoxy) is 2. The van der Waals surface area contributed by atoms with E-state index in [2.05, 4.69) is 10.2 Å². The first-order valence-electron chi connectivity index (χ1n) is 7.98. The molecule has 1 aromatic rings. The first kappa shape index (κ1) is 15.9. The smallest absolute Gasteiger partial charge is 0.261 e. The molecule has 0 aromatic carbocycles. The third kappa shape index (κ3) is 3.87. The van der Waals surface area contributed by atoms with Crippen molar-refractivity contribution in [1.82, 2.24) is 10.2 Å². The van der Waals surface area contributed by atoms with Gasteiger partial charge in [-0.05, 0) is 25.5 Å². The molecule has 2 saturated heterocycles. The molecule has 5 nitrogen and oxygen atoms in total. The summed E-state index contributed by atoms with van der Waals surface area (Å²) in [7, 11) is 0. The number of nitrogens with zero attached hydrogens (tertiary/aromatic N) is 1. The topological polar surface area (TPSA) is 50.8 Å². The normalized spacial score (nSPS) is 24.3. The van der Waals surface area contributed by atoms with Crippen molar-refractivity contribution >= 4 is 17.2 Å². The van der Waals surface area contributed by atoms with Crippen molar-refractivity contribution < 1.29 is 14.3 Å². The van der Waals surface area contributed by atoms with E-state index >= 15 is 0 Å². The molecule has 2 aliphatic rings. The largest absolute Gasteiger partial charge is 0.381 e. The van der Waals surface area contributed by atoms with Crippen LogP contribution in [0.3, 0.4) is 0 Å². The van der Waals surface area contributed by atoms with Gasteiger partial charge in [0.15, 0.2) is 0 Å². The molecule has 2 atom stereocenters. The van der Waals surface area contributed by atoms with Gasteiger partial charge in [-0.15, -0.1) is 11.3 Å². The molecular formula is C16H24N2O3S. The number of amides is 1. The molecule has 0 spiro atoms. The summed E-state index contributed by atoms with van der Waals surface area (Å²) in [6, 6.07) is 4.23. The highest BCUT2D eigenvalue weighted by Crippen LogP contribution is 2.22. The van der Waals surface area contributed by atoms with E-state index in [1.165, 1.54) is 4.88 Å². The predicted molar refractivity (Wildman–Crippen MR) is 86.5 cm³/mol. The number of rotatable bonds is 5. The Bertz CT molecular complexity index is 493. The zero-order chi connectivity index (χ0) is 15.4. The van der Waals surface area contributed by atoms with Gasteiger partial charge in [-0.3, -0.25) is 9.69 Å². The standard InChI is InChI=1S/C16H24N2O3S/c1-12-2-3-15(22-12)16(19)17-10-14(13-4-7-21-11-13)18-5-8-20-9-6-18/h2-3,13-14H,4-11H2,1H3,(H,17,19)/t13-,14-/m1/s1. The Kier molecular flexibility index (Phi) is 5.46. The Morgan fingerprint density at radius 3 is 2.82 bits per heavy atom. The third-order valence-corrected chi connectivity index (χ3v) is 5.46. The summed E-state index contributed by atoms with van der Waals surface area (Å²) in [6.07, 6.45) is 1.08. The van der Waals surface area contributed by atoms with Crippen molar-refractivity contribution in [2.75, 3.05) is 46.1 Å². The lowest BCUT2D eigenvalue weighted by Crippen LogP contribution is -2.52. The number of carbonyl (C=O) groups is 1. The number of morpholine rings is 1. The van der Waals surface area contributed by atoms with E-state index < -0.39 is 0 Å². The maximum atomic E-state index is 12.3. The van der Waals surface area contributed by atoms with Crippen molar-refractivity contribution in [1.29, 1.82) is 0 Å². The molecule has 2 fully saturated rings. The first-order valence-corrected chi connectivity index (χ1v) is 8.80. The molecule has 3 heterocycles. The highest BCUT2D eigenvalue weighted by atomic mass is 32.1. The second kappa shape index (κ2) is 7.55. The third-order valence-electron chi connectivity index (χ3n) is 4.46. The van der Waals surface area contributed by atoms with Crippen LogP contribution in [0.2, 0.25) is 0 Å². The van der Waals surface area contributed by atoms with Crippen LogP contribution in [0.1, 0.15) is 21.0 Å². The van der Waals surface area contributed by atoms with Gasteiger partial charge in [-0.25, -0.2) is 0 Å². The Labute approximate surface area is 135 Å². The lowest BCUT2D eigenvalue weighted by atomic mass is 9.97. The van der Waals surface area contributed by atoms with Crippen LogP contribution in [0.25, 0.3) is 0 Å². The highest BCUT2D eigenvalue weighted by molar-refractivity contribution is 7.13. The molecule has 6 heteroatoms. The highest BCUT2D eigenvalue weighted by Gasteiger charge is 2.31. The number of carbonyl (C=O) groups excluding carboxylic acids is 1. The van der Waals surface area contributed by atoms with Gasteiger partial charge in [0.05, 0.1) is 24.7 Å². The van der Waals surface area contributed by atoms with Gasteiger partial charge in [-0.1, -0.05) is 0 Å². The first-order chi connectivity index (χ1) is 10.7. The van der Waals surface area contributed by atoms with Crippen molar-refractivity contribution in [3.8, 4) is 0 Å². The molecule has 0 aliphatic carbocycles. The molecule has 0 radical (unpaired) electrons. The number of aryl methyl sites for hydroxylation is 1. The van der Waals surface area contributed by atoms with E-state index in [0.717, 1.165) is 50.8 Å². The lowest BCUT2D eigenvalue weighted by molar-refractivity contribution is 0.00167. The van der Waals surface area contributed by atoms with Crippen LogP contribution in [-0.4, -0.2) is 62.9 Å². The summed E-state index contributed by atoms with van der Waals surface area (Å²) >= 11 is 1.55. The summed E-state index contributed by atoms with van der Waals surface area (Å²) in [4.78, 5) is 16.7. The van der Waals surface area contributed by atoms with E-state index in [0.29, 0.717) is 18.5 Å². The summed E-state index contributed by atoms with van der Waals surface area (Å²) in [5.74, 6) is 0.541. The minimum atomic E-state index is 0.0373. The minimum Gasteiger partial charge on any atom is -0.381 e. The Morgan fingerprint density at radius 2 is 2.18 bits per heavy atom. The van der Waals surface area contributed by atoms with Crippen LogP contribution in [0, 0.1) is 12.8 Å². The molecule has 3 rings (SSSR count). The quantitative estimate of drug-likeness (QED) is 0.892. The molecule has 1 N–H and O–H groups in total. The average Bonchev–Trinajstić information content (AvgIpc) is 3.20. The van der Waals surface area contributed by atoms with Crippen LogP contribution >= 0.6 is 11.3 Å². The number of hydrogen-bond acceptors (Lipinski definition) is 5. The van der Waals surface area contributed by atoms with E-state index in [1.54, 1.807) is 11.3 Å². The molecule has 2 aliphatic heterocycles. The molecule has 0 bridgehead atoms. The second-order valence-electron chi connectivity index (χ2n) is 5.96. The van der Waals surface area contributed by atoms with Crippen molar-refractivity contribution in [2.24, 2.45) is 5.92 Å². The average molecular weight is 324 g/mol. The Balaban J connectivity index is 1.60. The molecule has 22 heavy (non-hydrogen) atoms. The van der Waals surface area contributed by atoms with Gasteiger partial charge in [0.1, 0.15) is 0 Å². The van der Waals surface area contributed by atoms with Crippen molar-refractivity contribution in [2.45, 2.75) is 19.4 Å². The Hall–Kier alpha value is -0.950. The van der Waals surface area contributed by atoms with Crippen molar-refractivity contribution in [3.63, 3.8) is 0 Å². The van der Waals surface area contributed by atoms with Crippen LogP contribution < -0.4 is 5.32 Å². The van der Waals surface area contributed by atoms with Gasteiger partial charge in [0.25, 0.3) is 5.91 Å². The molecule has 122 valence electrons. The molecule has 0 unspecified atom stereocenters. The molecule has 0 saturated carbocycles. The summed E-state index contributed by atoms with van der Waals surface area (Å²) in [5, 5.41) is 3.12. The fourth-order valence-electron chi connectivity index (χ4n) is 3.20. The second-order valence-corrected chi connectivity index (χ2v) is 7.25. The number of thiophene rings is 1. The van der Waals surface area contributed by atoms with Gasteiger partial charge in [0.2, 0.25) is 0 Å². The van der Waals surface area contributed by atoms with Crippen LogP contribution in [0.15, 0.2) is 12.1 Å². The predicted octanol–water partition coefficient (Wildman–Crippen LogP) is 1.52. The van der Waals surface area contributed by atoms with E-state index in [9.17, 15) is 4.79 Å². The number of hydrogen-bond donors (Lipinski definition) is 1. The fourth-order valence-corrected chi connectivity index (χ4v) is 3.98. The van der Waals surface area contributed by atoms with E-state index in [4.69, 9.17) is 9.47 Å². The monoisotopic (exact) mass is 324 g/mol. The van der Waals surface area contributed by atoms with Gasteiger partial charge >= 0.3 is 0 Å². The van der Waals surface area contributed by atoms with Gasteiger partial charge in [-0.2, -0.15) is 0 Å². The zero-order valence-corrected chi connectivity index (χ0v) is 13.9. The molecular weight excluding hydrogens is 300 g/mol. The molecule has 1 amide bonds. The van der Waals surface area contributed by atoms with Crippen molar-refractivity contribution in [3.05, 3.63) is 21.9 Å². The summed E-state index contributed by atoms with van der Waals surface area (Å²) in [6.45, 7) is 7.78. The van der Waals surface area contributed by atoms with Gasteiger partial charge in [0, 0.05) is 43.1 Å².